The fourth-order valence-corrected chi connectivity index (χ4v) is 2.92. The zero-order valence-corrected chi connectivity index (χ0v) is 13.9. The Hall–Kier alpha value is -1.64. The molecule has 0 aliphatic heterocycles. The number of amides is 1. The molecule has 0 aliphatic rings. The minimum atomic E-state index is -4.92. The van der Waals surface area contributed by atoms with Crippen LogP contribution in [0.4, 0.5) is 5.69 Å². The number of anilines is 1. The molecule has 0 bridgehead atoms. The molecule has 0 saturated heterocycles. The molecule has 1 atom stereocenters. The Morgan fingerprint density at radius 1 is 1.32 bits per heavy atom. The second-order valence-electron chi connectivity index (χ2n) is 3.94. The molecule has 1 aromatic carbocycles. The molecule has 0 aliphatic carbocycles. The third kappa shape index (κ3) is 7.96. The fraction of sp³-hybridized carbons (Fsp3) is 0.333. The molecule has 9 nitrogen and oxygen atoms in total. The van der Waals surface area contributed by atoms with Gasteiger partial charge in [-0.15, -0.1) is 0 Å². The van der Waals surface area contributed by atoms with Crippen molar-refractivity contribution in [3.8, 4) is 0 Å². The van der Waals surface area contributed by atoms with Gasteiger partial charge in [0.2, 0.25) is 0 Å². The maximum Gasteiger partial charge on any atom is 0.305 e. The topological polar surface area (TPSA) is 142 Å². The van der Waals surface area contributed by atoms with Crippen LogP contribution in [-0.2, 0) is 21.9 Å². The first kappa shape index (κ1) is 20.4. The van der Waals surface area contributed by atoms with Crippen LogP contribution in [0, 0.1) is 0 Å². The molecule has 0 heterocycles. The van der Waals surface area contributed by atoms with Gasteiger partial charge < -0.3 is 9.84 Å². The molecule has 0 fully saturated rings. The van der Waals surface area contributed by atoms with Crippen molar-refractivity contribution in [1.29, 1.82) is 0 Å². The minimum Gasteiger partial charge on any atom is -0.481 e. The Labute approximate surface area is 129 Å². The second-order valence-corrected chi connectivity index (χ2v) is 7.47. The fourth-order valence-electron chi connectivity index (χ4n) is 1.25. The van der Waals surface area contributed by atoms with E-state index in [1.165, 1.54) is 32.2 Å². The van der Waals surface area contributed by atoms with Crippen molar-refractivity contribution in [3.05, 3.63) is 24.3 Å². The number of aliphatic carboxylic acids is 1. The van der Waals surface area contributed by atoms with Crippen molar-refractivity contribution < 1.29 is 36.4 Å². The molecule has 0 radical (unpaired) electrons. The molecule has 1 aromatic rings. The Bertz CT molecular complexity index is 548. The zero-order valence-electron chi connectivity index (χ0n) is 12.1. The van der Waals surface area contributed by atoms with E-state index < -0.39 is 20.1 Å². The summed E-state index contributed by atoms with van der Waals surface area (Å²) in [6, 6.07) is 5.84. The molecule has 10 heteroatoms. The number of para-hydroxylation sites is 1. The number of carbonyl (C=O) groups excluding carboxylic acids is 1. The van der Waals surface area contributed by atoms with Gasteiger partial charge in [0.05, 0.1) is 13.0 Å². The van der Waals surface area contributed by atoms with E-state index in [1.807, 2.05) is 0 Å². The summed E-state index contributed by atoms with van der Waals surface area (Å²) in [6.07, 6.45) is 0.0938. The molecule has 1 unspecified atom stereocenters. The van der Waals surface area contributed by atoms with Crippen LogP contribution in [-0.4, -0.2) is 54.2 Å². The van der Waals surface area contributed by atoms with Gasteiger partial charge in [0.15, 0.2) is 0 Å². The van der Waals surface area contributed by atoms with E-state index in [-0.39, 0.29) is 22.4 Å². The predicted octanol–water partition coefficient (Wildman–Crippen LogP) is -0.189. The van der Waals surface area contributed by atoms with E-state index in [4.69, 9.17) is 10.4 Å². The third-order valence-electron chi connectivity index (χ3n) is 2.15. The van der Waals surface area contributed by atoms with Crippen LogP contribution in [0.5, 0.6) is 0 Å². The first-order valence-corrected chi connectivity index (χ1v) is 9.29. The summed E-state index contributed by atoms with van der Waals surface area (Å²) in [6.45, 7) is 1.57. The van der Waals surface area contributed by atoms with Gasteiger partial charge in [-0.3, -0.25) is 4.79 Å². The Morgan fingerprint density at radius 3 is 2.32 bits per heavy atom. The molecule has 4 N–H and O–H groups in total. The van der Waals surface area contributed by atoms with Gasteiger partial charge in [-0.25, -0.2) is 0 Å². The van der Waals surface area contributed by atoms with Gasteiger partial charge >= 0.3 is 94.4 Å². The monoisotopic (exact) mass is 379 g/mol. The number of carbonyl (C=O) groups is 2. The van der Waals surface area contributed by atoms with Gasteiger partial charge in [-0.05, 0) is 0 Å². The summed E-state index contributed by atoms with van der Waals surface area (Å²) in [4.78, 5) is 20.5. The first-order valence-electron chi connectivity index (χ1n) is 5.98. The van der Waals surface area contributed by atoms with E-state index >= 15 is 0 Å². The van der Waals surface area contributed by atoms with Gasteiger partial charge in [0.25, 0.3) is 0 Å². The van der Waals surface area contributed by atoms with Crippen LogP contribution < -0.4 is 9.67 Å². The number of nitrogens with one attached hydrogen (secondary N) is 1. The zero-order chi connectivity index (χ0) is 17.2. The van der Waals surface area contributed by atoms with Crippen molar-refractivity contribution >= 4 is 36.1 Å². The van der Waals surface area contributed by atoms with Gasteiger partial charge in [0.1, 0.15) is 0 Å². The first-order chi connectivity index (χ1) is 10.2. The smallest absolute Gasteiger partial charge is 0.305 e. The summed E-state index contributed by atoms with van der Waals surface area (Å²) in [7, 11) is 1.48. The van der Waals surface area contributed by atoms with Gasteiger partial charge in [0, 0.05) is 7.11 Å². The summed E-state index contributed by atoms with van der Waals surface area (Å²) in [5, 5.41) is 18.6. The summed E-state index contributed by atoms with van der Waals surface area (Å²) >= 11 is -4.92. The van der Waals surface area contributed by atoms with Crippen LogP contribution in [0.25, 0.3) is 0 Å². The number of benzene rings is 1. The second kappa shape index (κ2) is 10.1. The molecule has 124 valence electrons. The van der Waals surface area contributed by atoms with E-state index in [0.717, 1.165) is 0 Å². The Balaban J connectivity index is 0.000000534. The molecule has 1 rings (SSSR count). The van der Waals surface area contributed by atoms with Crippen molar-refractivity contribution in [3.63, 3.8) is 0 Å². The van der Waals surface area contributed by atoms with E-state index in [1.54, 1.807) is 6.07 Å². The third-order valence-corrected chi connectivity index (χ3v) is 4.71. The number of carboxylic acid groups (broad SMARTS) is 1. The average molecular weight is 379 g/mol. The van der Waals surface area contributed by atoms with Crippen molar-refractivity contribution in [1.82, 2.24) is 0 Å². The number of hydrogen-bond donors (Lipinski definition) is 4. The van der Waals surface area contributed by atoms with Crippen molar-refractivity contribution in [2.75, 3.05) is 19.0 Å². The minimum absolute atomic E-state index is 0.0938. The number of carboxylic acids is 1. The Kier molecular flexibility index (Phi) is 9.39. The summed E-state index contributed by atoms with van der Waals surface area (Å²) < 4.78 is 28.6. The SMILES string of the molecule is CC(=O)Nc1ccccc1[As](=O)(O)OO.COCCC(=O)O. The molecule has 0 spiro atoms. The van der Waals surface area contributed by atoms with Crippen molar-refractivity contribution in [2.24, 2.45) is 0 Å². The van der Waals surface area contributed by atoms with E-state index in [0.29, 0.717) is 6.61 Å². The van der Waals surface area contributed by atoms with Crippen LogP contribution in [0.1, 0.15) is 13.3 Å². The van der Waals surface area contributed by atoms with Crippen LogP contribution in [0.2, 0.25) is 0 Å². The summed E-state index contributed by atoms with van der Waals surface area (Å²) in [5.41, 5.74) is 0.157. The Morgan fingerprint density at radius 2 is 1.91 bits per heavy atom. The predicted molar refractivity (Wildman–Crippen MR) is 76.9 cm³/mol. The molecule has 22 heavy (non-hydrogen) atoms. The van der Waals surface area contributed by atoms with Crippen LogP contribution in [0.15, 0.2) is 24.3 Å². The number of methoxy groups -OCH3 is 1. The molecular formula is C12H18AsNO8. The molecule has 1 amide bonds. The standard InChI is InChI=1S/C8H10AsNO5.C4H8O3/c1-6(11)10-8-5-3-2-4-7(8)9(12,13)15-14;1-7-3-2-4(5)6/h2-5,14H,1H3,(H,10,11)(H,12,13);2-3H2,1H3,(H,5,6). The van der Waals surface area contributed by atoms with Gasteiger partial charge in [-0.2, -0.15) is 0 Å². The number of rotatable bonds is 6. The quantitative estimate of drug-likeness (QED) is 0.303. The maximum absolute atomic E-state index is 11.4. The van der Waals surface area contributed by atoms with E-state index in [9.17, 15) is 17.4 Å². The summed E-state index contributed by atoms with van der Waals surface area (Å²) in [5.74, 6) is -1.20. The molecular weight excluding hydrogens is 361 g/mol. The normalized spacial score (nSPS) is 12.5. The largest absolute Gasteiger partial charge is 0.481 e. The number of hydrogen-bond acceptors (Lipinski definition) is 6. The van der Waals surface area contributed by atoms with Crippen molar-refractivity contribution in [2.45, 2.75) is 13.3 Å². The number of ether oxygens (including phenoxy) is 1. The van der Waals surface area contributed by atoms with Crippen LogP contribution >= 0.6 is 0 Å². The van der Waals surface area contributed by atoms with Crippen LogP contribution in [0.3, 0.4) is 0 Å². The average Bonchev–Trinajstić information content (AvgIpc) is 2.45. The van der Waals surface area contributed by atoms with Gasteiger partial charge in [-0.1, -0.05) is 0 Å². The molecule has 0 aromatic heterocycles. The maximum atomic E-state index is 11.4. The van der Waals surface area contributed by atoms with E-state index in [2.05, 4.69) is 13.9 Å². The molecule has 0 saturated carbocycles.